The number of benzene rings is 1. The summed E-state index contributed by atoms with van der Waals surface area (Å²) >= 11 is 0. The molecule has 0 radical (unpaired) electrons. The predicted molar refractivity (Wildman–Crippen MR) is 89.3 cm³/mol. The van der Waals surface area contributed by atoms with Crippen LogP contribution in [0.4, 0.5) is 10.2 Å². The first-order chi connectivity index (χ1) is 11.5. The van der Waals surface area contributed by atoms with Crippen molar-refractivity contribution in [3.63, 3.8) is 0 Å². The first-order valence-electron chi connectivity index (χ1n) is 7.24. The molecule has 124 valence electrons. The normalized spacial score (nSPS) is 11.4. The number of anilines is 1. The number of pyridine rings is 1. The van der Waals surface area contributed by atoms with E-state index in [9.17, 15) is 12.8 Å². The summed E-state index contributed by atoms with van der Waals surface area (Å²) in [5, 5.41) is 6.67. The Balaban J connectivity index is 1.65. The first kappa shape index (κ1) is 16.1. The molecule has 0 aliphatic heterocycles. The Labute approximate surface area is 138 Å². The fourth-order valence-corrected chi connectivity index (χ4v) is 3.21. The molecule has 2 heterocycles. The molecule has 0 atom stereocenters. The van der Waals surface area contributed by atoms with Crippen molar-refractivity contribution >= 4 is 15.8 Å². The van der Waals surface area contributed by atoms with Crippen LogP contribution < -0.4 is 4.72 Å². The minimum absolute atomic E-state index is 0.164. The lowest BCUT2D eigenvalue weighted by Gasteiger charge is -2.05. The van der Waals surface area contributed by atoms with Gasteiger partial charge in [-0.15, -0.1) is 0 Å². The Kier molecular flexibility index (Phi) is 4.57. The molecule has 0 amide bonds. The van der Waals surface area contributed by atoms with E-state index in [-0.39, 0.29) is 23.8 Å². The zero-order valence-electron chi connectivity index (χ0n) is 12.6. The number of nitrogens with one attached hydrogen (secondary N) is 2. The summed E-state index contributed by atoms with van der Waals surface area (Å²) < 4.78 is 39.8. The second-order valence-electron chi connectivity index (χ2n) is 5.18. The van der Waals surface area contributed by atoms with Gasteiger partial charge in [-0.25, -0.2) is 12.8 Å². The molecule has 0 unspecified atom stereocenters. The Morgan fingerprint density at radius 2 is 2.00 bits per heavy atom. The highest BCUT2D eigenvalue weighted by molar-refractivity contribution is 7.92. The average molecular weight is 346 g/mol. The standard InChI is InChI=1S/C16H15FN4O2S/c17-13-5-3-4-12(10-13)7-9-24(22,23)21-16-11-15(19-20-16)14-6-1-2-8-18-14/h1-6,8,10-11H,7,9H2,(H2,19,20,21). The second-order valence-corrected chi connectivity index (χ2v) is 7.02. The van der Waals surface area contributed by atoms with E-state index in [1.807, 2.05) is 6.07 Å². The minimum Gasteiger partial charge on any atom is -0.274 e. The molecular formula is C16H15FN4O2S. The van der Waals surface area contributed by atoms with Gasteiger partial charge < -0.3 is 0 Å². The van der Waals surface area contributed by atoms with E-state index in [2.05, 4.69) is 19.9 Å². The van der Waals surface area contributed by atoms with E-state index in [0.29, 0.717) is 17.0 Å². The number of aromatic amines is 1. The van der Waals surface area contributed by atoms with Gasteiger partial charge in [-0.3, -0.25) is 14.8 Å². The number of nitrogens with zero attached hydrogens (tertiary/aromatic N) is 2. The molecule has 0 fully saturated rings. The highest BCUT2D eigenvalue weighted by Crippen LogP contribution is 2.17. The molecule has 8 heteroatoms. The van der Waals surface area contributed by atoms with Gasteiger partial charge in [-0.1, -0.05) is 18.2 Å². The van der Waals surface area contributed by atoms with Gasteiger partial charge in [0.05, 0.1) is 17.1 Å². The van der Waals surface area contributed by atoms with E-state index < -0.39 is 10.0 Å². The Hall–Kier alpha value is -2.74. The molecule has 0 saturated carbocycles. The van der Waals surface area contributed by atoms with Crippen molar-refractivity contribution in [1.29, 1.82) is 0 Å². The molecule has 0 spiro atoms. The SMILES string of the molecule is O=S(=O)(CCc1cccc(F)c1)Nc1cc(-c2ccccn2)[nH]n1. The largest absolute Gasteiger partial charge is 0.274 e. The number of sulfonamides is 1. The molecule has 3 aromatic rings. The molecule has 2 aromatic heterocycles. The highest BCUT2D eigenvalue weighted by Gasteiger charge is 2.14. The fourth-order valence-electron chi connectivity index (χ4n) is 2.18. The summed E-state index contributed by atoms with van der Waals surface area (Å²) in [7, 11) is -3.59. The van der Waals surface area contributed by atoms with Gasteiger partial charge in [-0.2, -0.15) is 5.10 Å². The molecule has 3 rings (SSSR count). The Morgan fingerprint density at radius 3 is 2.75 bits per heavy atom. The second kappa shape index (κ2) is 6.79. The zero-order chi connectivity index (χ0) is 17.0. The van der Waals surface area contributed by atoms with E-state index in [1.165, 1.54) is 12.1 Å². The van der Waals surface area contributed by atoms with Crippen molar-refractivity contribution in [2.24, 2.45) is 0 Å². The molecule has 0 aliphatic carbocycles. The lowest BCUT2D eigenvalue weighted by atomic mass is 10.2. The van der Waals surface area contributed by atoms with Crippen molar-refractivity contribution in [3.05, 3.63) is 66.1 Å². The fraction of sp³-hybridized carbons (Fsp3) is 0.125. The maximum absolute atomic E-state index is 13.1. The number of aryl methyl sites for hydroxylation is 1. The number of hydrogen-bond donors (Lipinski definition) is 2. The summed E-state index contributed by atoms with van der Waals surface area (Å²) in [5.41, 5.74) is 1.89. The van der Waals surface area contributed by atoms with Gasteiger partial charge in [0.2, 0.25) is 10.0 Å². The van der Waals surface area contributed by atoms with Crippen LogP contribution in [-0.4, -0.2) is 29.4 Å². The maximum Gasteiger partial charge on any atom is 0.234 e. The molecule has 2 N–H and O–H groups in total. The van der Waals surface area contributed by atoms with Crippen molar-refractivity contribution in [2.45, 2.75) is 6.42 Å². The zero-order valence-corrected chi connectivity index (χ0v) is 13.4. The van der Waals surface area contributed by atoms with Crippen LogP contribution in [-0.2, 0) is 16.4 Å². The van der Waals surface area contributed by atoms with Crippen LogP contribution in [0.3, 0.4) is 0 Å². The van der Waals surface area contributed by atoms with Crippen LogP contribution in [0.25, 0.3) is 11.4 Å². The molecule has 24 heavy (non-hydrogen) atoms. The van der Waals surface area contributed by atoms with Crippen LogP contribution in [0, 0.1) is 5.82 Å². The molecule has 0 saturated heterocycles. The maximum atomic E-state index is 13.1. The van der Waals surface area contributed by atoms with Gasteiger partial charge >= 0.3 is 0 Å². The third-order valence-corrected chi connectivity index (χ3v) is 4.59. The van der Waals surface area contributed by atoms with E-state index >= 15 is 0 Å². The number of H-pyrrole nitrogens is 1. The van der Waals surface area contributed by atoms with Crippen molar-refractivity contribution in [2.75, 3.05) is 10.5 Å². The quantitative estimate of drug-likeness (QED) is 0.718. The Morgan fingerprint density at radius 1 is 1.12 bits per heavy atom. The summed E-state index contributed by atoms with van der Waals surface area (Å²) in [4.78, 5) is 4.16. The van der Waals surface area contributed by atoms with Crippen LogP contribution in [0.2, 0.25) is 0 Å². The average Bonchev–Trinajstić information content (AvgIpc) is 3.02. The molecule has 0 aliphatic rings. The third kappa shape index (κ3) is 4.17. The third-order valence-electron chi connectivity index (χ3n) is 3.33. The minimum atomic E-state index is -3.59. The molecular weight excluding hydrogens is 331 g/mol. The van der Waals surface area contributed by atoms with Gasteiger partial charge in [0.25, 0.3) is 0 Å². The lowest BCUT2D eigenvalue weighted by molar-refractivity contribution is 0.599. The van der Waals surface area contributed by atoms with E-state index in [4.69, 9.17) is 0 Å². The molecule has 0 bridgehead atoms. The van der Waals surface area contributed by atoms with Crippen LogP contribution in [0.15, 0.2) is 54.7 Å². The van der Waals surface area contributed by atoms with Crippen LogP contribution in [0.5, 0.6) is 0 Å². The first-order valence-corrected chi connectivity index (χ1v) is 8.89. The number of aromatic nitrogens is 3. The lowest BCUT2D eigenvalue weighted by Crippen LogP contribution is -2.18. The van der Waals surface area contributed by atoms with Crippen LogP contribution in [0.1, 0.15) is 5.56 Å². The van der Waals surface area contributed by atoms with Crippen molar-refractivity contribution in [3.8, 4) is 11.4 Å². The number of hydrogen-bond acceptors (Lipinski definition) is 4. The summed E-state index contributed by atoms with van der Waals surface area (Å²) in [6.45, 7) is 0. The number of halogens is 1. The summed E-state index contributed by atoms with van der Waals surface area (Å²) in [6, 6.07) is 12.9. The van der Waals surface area contributed by atoms with Gasteiger partial charge in [-0.05, 0) is 36.2 Å². The van der Waals surface area contributed by atoms with Gasteiger partial charge in [0.15, 0.2) is 5.82 Å². The highest BCUT2D eigenvalue weighted by atomic mass is 32.2. The van der Waals surface area contributed by atoms with E-state index in [1.54, 1.807) is 36.5 Å². The van der Waals surface area contributed by atoms with Crippen molar-refractivity contribution in [1.82, 2.24) is 15.2 Å². The van der Waals surface area contributed by atoms with E-state index in [0.717, 1.165) is 0 Å². The predicted octanol–water partition coefficient (Wildman–Crippen LogP) is 2.60. The van der Waals surface area contributed by atoms with Crippen molar-refractivity contribution < 1.29 is 12.8 Å². The van der Waals surface area contributed by atoms with Crippen LogP contribution >= 0.6 is 0 Å². The Bertz CT molecular complexity index is 926. The topological polar surface area (TPSA) is 87.7 Å². The molecule has 6 nitrogen and oxygen atoms in total. The number of rotatable bonds is 6. The van der Waals surface area contributed by atoms with Gasteiger partial charge in [0, 0.05) is 12.3 Å². The summed E-state index contributed by atoms with van der Waals surface area (Å²) in [6.07, 6.45) is 1.85. The smallest absolute Gasteiger partial charge is 0.234 e. The van der Waals surface area contributed by atoms with Gasteiger partial charge in [0.1, 0.15) is 5.82 Å². The summed E-state index contributed by atoms with van der Waals surface area (Å²) in [5.74, 6) is -0.359. The molecule has 1 aromatic carbocycles. The monoisotopic (exact) mass is 346 g/mol.